The quantitative estimate of drug-likeness (QED) is 0.789. The third-order valence-corrected chi connectivity index (χ3v) is 3.01. The van der Waals surface area contributed by atoms with Crippen molar-refractivity contribution < 1.29 is 0 Å². The summed E-state index contributed by atoms with van der Waals surface area (Å²) in [5.74, 6) is 0. The highest BCUT2D eigenvalue weighted by Gasteiger charge is 2.00. The number of nitrogens with one attached hydrogen (secondary N) is 1. The lowest BCUT2D eigenvalue weighted by Gasteiger charge is -2.10. The molecule has 3 heteroatoms. The molecule has 0 unspecified atom stereocenters. The molecule has 1 N–H and O–H groups in total. The van der Waals surface area contributed by atoms with Crippen LogP contribution in [0.25, 0.3) is 10.9 Å². The molecule has 96 valence electrons. The minimum atomic E-state index is 0.913. The Morgan fingerprint density at radius 1 is 1.17 bits per heavy atom. The van der Waals surface area contributed by atoms with Crippen LogP contribution in [0.2, 0.25) is 0 Å². The maximum absolute atomic E-state index is 4.38. The van der Waals surface area contributed by atoms with Crippen molar-refractivity contribution in [1.82, 2.24) is 15.2 Å². The standard InChI is InChI=1S/C15H21N3/c1-18(2)11-5-9-16-12-13-6-3-8-15-14(13)7-4-10-17-15/h3-4,6-8,10,16H,5,9,11-12H2,1-2H3. The number of hydrogen-bond acceptors (Lipinski definition) is 3. The first-order valence-electron chi connectivity index (χ1n) is 6.45. The molecule has 0 saturated heterocycles. The molecule has 0 atom stereocenters. The molecule has 2 rings (SSSR count). The Kier molecular flexibility index (Phi) is 4.67. The molecule has 0 fully saturated rings. The molecule has 0 aliphatic carbocycles. The largest absolute Gasteiger partial charge is 0.313 e. The van der Waals surface area contributed by atoms with Gasteiger partial charge in [-0.25, -0.2) is 0 Å². The first-order valence-corrected chi connectivity index (χ1v) is 6.45. The van der Waals surface area contributed by atoms with E-state index >= 15 is 0 Å². The normalized spacial score (nSPS) is 11.3. The van der Waals surface area contributed by atoms with Gasteiger partial charge in [0.05, 0.1) is 5.52 Å². The van der Waals surface area contributed by atoms with Crippen molar-refractivity contribution in [3.63, 3.8) is 0 Å². The molecule has 0 saturated carbocycles. The van der Waals surface area contributed by atoms with Crippen LogP contribution in [0.3, 0.4) is 0 Å². The van der Waals surface area contributed by atoms with E-state index in [2.05, 4.69) is 53.6 Å². The van der Waals surface area contributed by atoms with Gasteiger partial charge >= 0.3 is 0 Å². The van der Waals surface area contributed by atoms with E-state index in [9.17, 15) is 0 Å². The zero-order valence-corrected chi connectivity index (χ0v) is 11.2. The van der Waals surface area contributed by atoms with Crippen molar-refractivity contribution >= 4 is 10.9 Å². The second-order valence-electron chi connectivity index (χ2n) is 4.82. The Morgan fingerprint density at radius 2 is 2.06 bits per heavy atom. The van der Waals surface area contributed by atoms with Gasteiger partial charge in [0, 0.05) is 18.1 Å². The number of aromatic nitrogens is 1. The highest BCUT2D eigenvalue weighted by molar-refractivity contribution is 5.81. The zero-order chi connectivity index (χ0) is 12.8. The summed E-state index contributed by atoms with van der Waals surface area (Å²) in [6.07, 6.45) is 3.02. The summed E-state index contributed by atoms with van der Waals surface area (Å²) in [4.78, 5) is 6.59. The molecular formula is C15H21N3. The van der Waals surface area contributed by atoms with Crippen molar-refractivity contribution in [1.29, 1.82) is 0 Å². The van der Waals surface area contributed by atoms with Crippen LogP contribution in [0.1, 0.15) is 12.0 Å². The Hall–Kier alpha value is -1.45. The maximum atomic E-state index is 4.38. The molecule has 0 aliphatic heterocycles. The van der Waals surface area contributed by atoms with E-state index < -0.39 is 0 Å². The van der Waals surface area contributed by atoms with E-state index in [4.69, 9.17) is 0 Å². The Balaban J connectivity index is 1.91. The van der Waals surface area contributed by atoms with Crippen molar-refractivity contribution in [2.75, 3.05) is 27.2 Å². The molecule has 3 nitrogen and oxygen atoms in total. The van der Waals surface area contributed by atoms with Gasteiger partial charge in [-0.1, -0.05) is 18.2 Å². The third-order valence-electron chi connectivity index (χ3n) is 3.01. The highest BCUT2D eigenvalue weighted by Crippen LogP contribution is 2.15. The fourth-order valence-corrected chi connectivity index (χ4v) is 2.06. The second-order valence-corrected chi connectivity index (χ2v) is 4.82. The Labute approximate surface area is 109 Å². The van der Waals surface area contributed by atoms with Crippen molar-refractivity contribution in [2.24, 2.45) is 0 Å². The summed E-state index contributed by atoms with van der Waals surface area (Å²) in [5.41, 5.74) is 2.40. The van der Waals surface area contributed by atoms with Gasteiger partial charge in [0.15, 0.2) is 0 Å². The molecule has 0 spiro atoms. The predicted octanol–water partition coefficient (Wildman–Crippen LogP) is 2.28. The van der Waals surface area contributed by atoms with Gasteiger partial charge < -0.3 is 10.2 Å². The number of pyridine rings is 1. The lowest BCUT2D eigenvalue weighted by atomic mass is 10.1. The fourth-order valence-electron chi connectivity index (χ4n) is 2.06. The second kappa shape index (κ2) is 6.47. The predicted molar refractivity (Wildman–Crippen MR) is 76.6 cm³/mol. The number of benzene rings is 1. The number of nitrogens with zero attached hydrogens (tertiary/aromatic N) is 2. The maximum Gasteiger partial charge on any atom is 0.0705 e. The molecular weight excluding hydrogens is 222 g/mol. The van der Waals surface area contributed by atoms with E-state index in [1.165, 1.54) is 17.4 Å². The van der Waals surface area contributed by atoms with Crippen LogP contribution in [-0.4, -0.2) is 37.1 Å². The molecule has 1 aromatic heterocycles. The van der Waals surface area contributed by atoms with E-state index in [1.54, 1.807) is 0 Å². The molecule has 0 amide bonds. The Bertz CT molecular complexity index is 489. The van der Waals surface area contributed by atoms with E-state index in [0.29, 0.717) is 0 Å². The molecule has 0 aliphatic rings. The van der Waals surface area contributed by atoms with Crippen molar-refractivity contribution in [3.05, 3.63) is 42.1 Å². The van der Waals surface area contributed by atoms with Crippen LogP contribution < -0.4 is 5.32 Å². The minimum Gasteiger partial charge on any atom is -0.313 e. The summed E-state index contributed by atoms with van der Waals surface area (Å²) in [5, 5.41) is 4.74. The highest BCUT2D eigenvalue weighted by atomic mass is 15.0. The first kappa shape index (κ1) is 13.0. The molecule has 1 heterocycles. The smallest absolute Gasteiger partial charge is 0.0705 e. The van der Waals surface area contributed by atoms with Crippen LogP contribution in [-0.2, 0) is 6.54 Å². The van der Waals surface area contributed by atoms with Gasteiger partial charge in [-0.2, -0.15) is 0 Å². The first-order chi connectivity index (χ1) is 8.77. The fraction of sp³-hybridized carbons (Fsp3) is 0.400. The summed E-state index contributed by atoms with van der Waals surface area (Å²) in [7, 11) is 4.22. The molecule has 0 bridgehead atoms. The SMILES string of the molecule is CN(C)CCCNCc1cccc2ncccc12. The van der Waals surface area contributed by atoms with Gasteiger partial charge in [0.25, 0.3) is 0 Å². The minimum absolute atomic E-state index is 0.913. The number of hydrogen-bond donors (Lipinski definition) is 1. The van der Waals surface area contributed by atoms with Gasteiger partial charge in [-0.15, -0.1) is 0 Å². The van der Waals surface area contributed by atoms with Gasteiger partial charge in [0.2, 0.25) is 0 Å². The van der Waals surface area contributed by atoms with Crippen LogP contribution in [0.15, 0.2) is 36.5 Å². The Morgan fingerprint density at radius 3 is 2.89 bits per heavy atom. The van der Waals surface area contributed by atoms with Gasteiger partial charge in [-0.05, 0) is 51.3 Å². The molecule has 1 aromatic carbocycles. The number of rotatable bonds is 6. The van der Waals surface area contributed by atoms with Crippen LogP contribution in [0.4, 0.5) is 0 Å². The summed E-state index contributed by atoms with van der Waals surface area (Å²) < 4.78 is 0. The third kappa shape index (κ3) is 3.52. The molecule has 18 heavy (non-hydrogen) atoms. The summed E-state index contributed by atoms with van der Waals surface area (Å²) >= 11 is 0. The van der Waals surface area contributed by atoms with E-state index in [0.717, 1.165) is 25.2 Å². The average molecular weight is 243 g/mol. The number of fused-ring (bicyclic) bond motifs is 1. The topological polar surface area (TPSA) is 28.2 Å². The zero-order valence-electron chi connectivity index (χ0n) is 11.2. The lowest BCUT2D eigenvalue weighted by Crippen LogP contribution is -2.21. The molecule has 2 aromatic rings. The molecule has 0 radical (unpaired) electrons. The van der Waals surface area contributed by atoms with Crippen LogP contribution >= 0.6 is 0 Å². The van der Waals surface area contributed by atoms with Crippen LogP contribution in [0, 0.1) is 0 Å². The monoisotopic (exact) mass is 243 g/mol. The lowest BCUT2D eigenvalue weighted by molar-refractivity contribution is 0.394. The van der Waals surface area contributed by atoms with Crippen molar-refractivity contribution in [2.45, 2.75) is 13.0 Å². The average Bonchev–Trinajstić information content (AvgIpc) is 2.38. The summed E-state index contributed by atoms with van der Waals surface area (Å²) in [6, 6.07) is 10.4. The van der Waals surface area contributed by atoms with E-state index in [-0.39, 0.29) is 0 Å². The van der Waals surface area contributed by atoms with E-state index in [1.807, 2.05) is 12.3 Å². The summed E-state index contributed by atoms with van der Waals surface area (Å²) in [6.45, 7) is 3.09. The van der Waals surface area contributed by atoms with Crippen LogP contribution in [0.5, 0.6) is 0 Å². The van der Waals surface area contributed by atoms with Gasteiger partial charge in [-0.3, -0.25) is 4.98 Å². The van der Waals surface area contributed by atoms with Gasteiger partial charge in [0.1, 0.15) is 0 Å². The van der Waals surface area contributed by atoms with Crippen molar-refractivity contribution in [3.8, 4) is 0 Å².